The van der Waals surface area contributed by atoms with E-state index in [2.05, 4.69) is 16.4 Å². The van der Waals surface area contributed by atoms with Gasteiger partial charge in [0.2, 0.25) is 0 Å². The molecule has 0 aliphatic heterocycles. The first-order valence-corrected chi connectivity index (χ1v) is 9.96. The quantitative estimate of drug-likeness (QED) is 0.414. The predicted molar refractivity (Wildman–Crippen MR) is 119 cm³/mol. The van der Waals surface area contributed by atoms with Gasteiger partial charge in [-0.2, -0.15) is 0 Å². The van der Waals surface area contributed by atoms with E-state index in [0.717, 1.165) is 27.8 Å². The number of imidazole rings is 1. The van der Waals surface area contributed by atoms with Gasteiger partial charge in [0.05, 0.1) is 28.9 Å². The maximum atomic E-state index is 13.0. The van der Waals surface area contributed by atoms with Gasteiger partial charge < -0.3 is 14.7 Å². The lowest BCUT2D eigenvalue weighted by molar-refractivity contribution is 0.518. The van der Waals surface area contributed by atoms with Crippen LogP contribution >= 0.6 is 11.6 Å². The molecule has 0 bridgehead atoms. The Morgan fingerprint density at radius 3 is 2.87 bits per heavy atom. The van der Waals surface area contributed by atoms with E-state index in [1.165, 1.54) is 0 Å². The summed E-state index contributed by atoms with van der Waals surface area (Å²) in [5.41, 5.74) is 4.60. The Hall–Kier alpha value is -3.51. The van der Waals surface area contributed by atoms with Crippen molar-refractivity contribution in [2.24, 2.45) is 0 Å². The fraction of sp³-hybridized carbons (Fsp3) is 0.130. The van der Waals surface area contributed by atoms with Gasteiger partial charge >= 0.3 is 0 Å². The molecule has 0 amide bonds. The Morgan fingerprint density at radius 2 is 2.07 bits per heavy atom. The Labute approximate surface area is 177 Å². The van der Waals surface area contributed by atoms with Crippen LogP contribution in [-0.4, -0.2) is 14.4 Å². The first-order chi connectivity index (χ1) is 14.5. The molecule has 0 saturated heterocycles. The fourth-order valence-electron chi connectivity index (χ4n) is 3.66. The molecule has 1 aromatic carbocycles. The lowest BCUT2D eigenvalue weighted by Crippen LogP contribution is -2.11. The van der Waals surface area contributed by atoms with Gasteiger partial charge in [-0.05, 0) is 60.7 Å². The van der Waals surface area contributed by atoms with Crippen molar-refractivity contribution in [2.45, 2.75) is 20.4 Å². The number of anilines is 1. The molecule has 0 fully saturated rings. The van der Waals surface area contributed by atoms with Crippen LogP contribution < -0.4 is 10.9 Å². The second-order valence-corrected chi connectivity index (χ2v) is 7.74. The lowest BCUT2D eigenvalue weighted by Gasteiger charge is -2.10. The zero-order valence-corrected chi connectivity index (χ0v) is 17.2. The highest BCUT2D eigenvalue weighted by Gasteiger charge is 2.18. The van der Waals surface area contributed by atoms with Crippen molar-refractivity contribution in [1.82, 2.24) is 14.4 Å². The van der Waals surface area contributed by atoms with E-state index in [-0.39, 0.29) is 5.56 Å². The van der Waals surface area contributed by atoms with Gasteiger partial charge in [-0.1, -0.05) is 23.7 Å². The molecular formula is C23H19ClN4O2. The number of fused-ring (bicyclic) bond motifs is 2. The second-order valence-electron chi connectivity index (χ2n) is 7.30. The standard InChI is InChI=1S/C23H19ClN4O2/c1-13-5-6-15-10-18(23(29)27-20(15)14(13)2)21-22(25-11-17-4-3-9-30-17)28-12-16(24)7-8-19(28)26-21/h3-10,12,25H,11H2,1-2H3,(H,27,29). The third-order valence-electron chi connectivity index (χ3n) is 5.40. The van der Waals surface area contributed by atoms with Crippen LogP contribution in [0.25, 0.3) is 27.8 Å². The molecule has 0 spiro atoms. The molecule has 4 heterocycles. The number of aryl methyl sites for hydroxylation is 2. The summed E-state index contributed by atoms with van der Waals surface area (Å²) in [5.74, 6) is 1.45. The van der Waals surface area contributed by atoms with Gasteiger partial charge in [0, 0.05) is 6.20 Å². The molecule has 0 unspecified atom stereocenters. The van der Waals surface area contributed by atoms with Crippen molar-refractivity contribution in [1.29, 1.82) is 0 Å². The van der Waals surface area contributed by atoms with Gasteiger partial charge in [-0.25, -0.2) is 4.98 Å². The largest absolute Gasteiger partial charge is 0.467 e. The highest BCUT2D eigenvalue weighted by molar-refractivity contribution is 6.30. The smallest absolute Gasteiger partial charge is 0.258 e. The number of rotatable bonds is 4. The van der Waals surface area contributed by atoms with Crippen LogP contribution in [0, 0.1) is 13.8 Å². The van der Waals surface area contributed by atoms with Crippen molar-refractivity contribution >= 4 is 34.0 Å². The number of halogens is 1. The van der Waals surface area contributed by atoms with Gasteiger partial charge in [-0.3, -0.25) is 9.20 Å². The monoisotopic (exact) mass is 418 g/mol. The predicted octanol–water partition coefficient (Wildman–Crippen LogP) is 5.32. The molecule has 0 aliphatic rings. The van der Waals surface area contributed by atoms with Gasteiger partial charge in [-0.15, -0.1) is 0 Å². The minimum absolute atomic E-state index is 0.188. The summed E-state index contributed by atoms with van der Waals surface area (Å²) >= 11 is 6.22. The van der Waals surface area contributed by atoms with E-state index in [1.54, 1.807) is 18.5 Å². The van der Waals surface area contributed by atoms with Crippen LogP contribution in [0.3, 0.4) is 0 Å². The van der Waals surface area contributed by atoms with Gasteiger partial charge in [0.1, 0.15) is 22.9 Å². The third kappa shape index (κ3) is 3.06. The number of hydrogen-bond acceptors (Lipinski definition) is 4. The molecule has 2 N–H and O–H groups in total. The van der Waals surface area contributed by atoms with E-state index in [1.807, 2.05) is 48.6 Å². The Balaban J connectivity index is 1.72. The lowest BCUT2D eigenvalue weighted by atomic mass is 10.0. The molecule has 30 heavy (non-hydrogen) atoms. The summed E-state index contributed by atoms with van der Waals surface area (Å²) in [6.45, 7) is 4.49. The first kappa shape index (κ1) is 18.5. The second kappa shape index (κ2) is 7.07. The Morgan fingerprint density at radius 1 is 1.20 bits per heavy atom. The maximum Gasteiger partial charge on any atom is 0.258 e. The molecule has 0 saturated carbocycles. The van der Waals surface area contributed by atoms with Crippen LogP contribution in [0.2, 0.25) is 5.02 Å². The van der Waals surface area contributed by atoms with E-state index >= 15 is 0 Å². The molecule has 5 aromatic rings. The van der Waals surface area contributed by atoms with Crippen molar-refractivity contribution in [3.8, 4) is 11.3 Å². The number of furan rings is 1. The SMILES string of the molecule is Cc1ccc2cc(-c3nc4ccc(Cl)cn4c3NCc3ccco3)c(=O)[nH]c2c1C. The number of aromatic amines is 1. The molecule has 4 aromatic heterocycles. The normalized spacial score (nSPS) is 11.4. The van der Waals surface area contributed by atoms with E-state index in [9.17, 15) is 4.79 Å². The number of H-pyrrole nitrogens is 1. The summed E-state index contributed by atoms with van der Waals surface area (Å²) in [6, 6.07) is 13.3. The third-order valence-corrected chi connectivity index (χ3v) is 5.62. The average Bonchev–Trinajstić information content (AvgIpc) is 3.37. The van der Waals surface area contributed by atoms with E-state index in [4.69, 9.17) is 21.0 Å². The van der Waals surface area contributed by atoms with Gasteiger partial charge in [0.15, 0.2) is 0 Å². The Bertz CT molecular complexity index is 1450. The maximum absolute atomic E-state index is 13.0. The number of nitrogens with zero attached hydrogens (tertiary/aromatic N) is 2. The highest BCUT2D eigenvalue weighted by Crippen LogP contribution is 2.30. The zero-order valence-electron chi connectivity index (χ0n) is 16.5. The molecule has 0 aliphatic carbocycles. The minimum atomic E-state index is -0.188. The fourth-order valence-corrected chi connectivity index (χ4v) is 3.82. The summed E-state index contributed by atoms with van der Waals surface area (Å²) in [4.78, 5) is 20.8. The average molecular weight is 419 g/mol. The topological polar surface area (TPSA) is 75.3 Å². The Kier molecular flexibility index (Phi) is 4.37. The van der Waals surface area contributed by atoms with Crippen molar-refractivity contribution in [3.63, 3.8) is 0 Å². The molecule has 5 rings (SSSR count). The number of aromatic nitrogens is 3. The number of hydrogen-bond donors (Lipinski definition) is 2. The molecule has 6 nitrogen and oxygen atoms in total. The highest BCUT2D eigenvalue weighted by atomic mass is 35.5. The summed E-state index contributed by atoms with van der Waals surface area (Å²) in [7, 11) is 0. The summed E-state index contributed by atoms with van der Waals surface area (Å²) < 4.78 is 7.28. The minimum Gasteiger partial charge on any atom is -0.467 e. The first-order valence-electron chi connectivity index (χ1n) is 9.59. The molecule has 7 heteroatoms. The van der Waals surface area contributed by atoms with Crippen molar-refractivity contribution in [2.75, 3.05) is 5.32 Å². The van der Waals surface area contributed by atoms with Crippen LogP contribution in [-0.2, 0) is 6.54 Å². The number of pyridine rings is 2. The summed E-state index contributed by atoms with van der Waals surface area (Å²) in [5, 5.41) is 4.89. The van der Waals surface area contributed by atoms with E-state index in [0.29, 0.717) is 34.3 Å². The van der Waals surface area contributed by atoms with Crippen molar-refractivity contribution < 1.29 is 4.42 Å². The van der Waals surface area contributed by atoms with Crippen LogP contribution in [0.15, 0.2) is 64.1 Å². The van der Waals surface area contributed by atoms with Crippen LogP contribution in [0.5, 0.6) is 0 Å². The summed E-state index contributed by atoms with van der Waals surface area (Å²) in [6.07, 6.45) is 3.41. The molecule has 0 radical (unpaired) electrons. The van der Waals surface area contributed by atoms with Crippen LogP contribution in [0.1, 0.15) is 16.9 Å². The zero-order chi connectivity index (χ0) is 20.8. The molecule has 150 valence electrons. The van der Waals surface area contributed by atoms with Crippen molar-refractivity contribution in [3.05, 3.63) is 87.2 Å². The number of nitrogens with one attached hydrogen (secondary N) is 2. The van der Waals surface area contributed by atoms with E-state index < -0.39 is 0 Å². The number of benzene rings is 1. The van der Waals surface area contributed by atoms with Gasteiger partial charge in [0.25, 0.3) is 5.56 Å². The molecule has 0 atom stereocenters. The molecular weight excluding hydrogens is 400 g/mol. The van der Waals surface area contributed by atoms with Crippen LogP contribution in [0.4, 0.5) is 5.82 Å².